The number of fused-ring (bicyclic) bond motifs is 1. The molecule has 0 aliphatic carbocycles. The summed E-state index contributed by atoms with van der Waals surface area (Å²) in [5.41, 5.74) is 13.2. The Morgan fingerprint density at radius 1 is 1.09 bits per heavy atom. The van der Waals surface area contributed by atoms with Gasteiger partial charge in [-0.3, -0.25) is 9.69 Å². The molecule has 0 saturated heterocycles. The number of hydrogen-bond donors (Lipinski definition) is 1. The monoisotopic (exact) mass is 478 g/mol. The second kappa shape index (κ2) is 11.9. The van der Waals surface area contributed by atoms with Crippen LogP contribution >= 0.6 is 0 Å². The van der Waals surface area contributed by atoms with E-state index < -0.39 is 0 Å². The number of rotatable bonds is 9. The lowest BCUT2D eigenvalue weighted by molar-refractivity contribution is -0.114. The number of nitrogens with zero attached hydrogens (tertiary/aromatic N) is 3. The number of amidine groups is 1. The number of unbranched alkanes of at least 4 members (excludes halogenated alkanes) is 1. The summed E-state index contributed by atoms with van der Waals surface area (Å²) < 4.78 is 11.1. The van der Waals surface area contributed by atoms with E-state index in [9.17, 15) is 4.79 Å². The molecule has 0 radical (unpaired) electrons. The summed E-state index contributed by atoms with van der Waals surface area (Å²) in [7, 11) is 5.35. The van der Waals surface area contributed by atoms with Crippen LogP contribution in [-0.2, 0) is 11.2 Å². The van der Waals surface area contributed by atoms with E-state index in [4.69, 9.17) is 20.2 Å². The van der Waals surface area contributed by atoms with Gasteiger partial charge in [0.25, 0.3) is 0 Å². The normalized spacial score (nSPS) is 14.7. The molecule has 2 aromatic rings. The van der Waals surface area contributed by atoms with Crippen LogP contribution in [-0.4, -0.2) is 62.9 Å². The third-order valence-corrected chi connectivity index (χ3v) is 6.42. The number of likely N-dealkylation sites (N-methyl/N-ethyl adjacent to an activating group) is 1. The van der Waals surface area contributed by atoms with E-state index in [0.29, 0.717) is 30.4 Å². The number of ether oxygens (including phenoxy) is 2. The number of benzene rings is 2. The van der Waals surface area contributed by atoms with Crippen molar-refractivity contribution in [2.45, 2.75) is 40.0 Å². The molecular formula is C28H38N4O3. The molecule has 2 aromatic carbocycles. The Morgan fingerprint density at radius 3 is 2.34 bits per heavy atom. The smallest absolute Gasteiger partial charge is 0.215 e. The highest BCUT2D eigenvalue weighted by Gasteiger charge is 2.23. The lowest BCUT2D eigenvalue weighted by Gasteiger charge is -2.31. The minimum atomic E-state index is 0.551. The lowest BCUT2D eigenvalue weighted by atomic mass is 9.95. The minimum Gasteiger partial charge on any atom is -0.493 e. The maximum Gasteiger partial charge on any atom is 0.215 e. The lowest BCUT2D eigenvalue weighted by Crippen LogP contribution is -2.32. The summed E-state index contributed by atoms with van der Waals surface area (Å²) in [4.78, 5) is 21.2. The van der Waals surface area contributed by atoms with Crippen LogP contribution in [0, 0.1) is 20.8 Å². The quantitative estimate of drug-likeness (QED) is 0.250. The highest BCUT2D eigenvalue weighted by Crippen LogP contribution is 2.37. The van der Waals surface area contributed by atoms with E-state index >= 15 is 0 Å². The zero-order valence-corrected chi connectivity index (χ0v) is 21.9. The molecule has 0 bridgehead atoms. The number of hydrogen-bond acceptors (Lipinski definition) is 6. The largest absolute Gasteiger partial charge is 0.493 e. The fourth-order valence-corrected chi connectivity index (χ4v) is 4.58. The molecule has 2 N–H and O–H groups in total. The van der Waals surface area contributed by atoms with Gasteiger partial charge in [0.05, 0.1) is 19.9 Å². The van der Waals surface area contributed by atoms with Gasteiger partial charge in [0.15, 0.2) is 11.5 Å². The van der Waals surface area contributed by atoms with E-state index in [1.165, 1.54) is 11.1 Å². The third kappa shape index (κ3) is 6.03. The molecule has 1 aliphatic rings. The molecule has 188 valence electrons. The Balaban J connectivity index is 2.19. The molecule has 0 fully saturated rings. The van der Waals surface area contributed by atoms with Crippen molar-refractivity contribution < 1.29 is 14.3 Å². The summed E-state index contributed by atoms with van der Waals surface area (Å²) in [5.74, 6) is 1.99. The van der Waals surface area contributed by atoms with Crippen molar-refractivity contribution in [1.29, 1.82) is 0 Å². The van der Waals surface area contributed by atoms with Gasteiger partial charge in [-0.15, -0.1) is 0 Å². The molecule has 1 heterocycles. The summed E-state index contributed by atoms with van der Waals surface area (Å²) in [6, 6.07) is 8.29. The van der Waals surface area contributed by atoms with Gasteiger partial charge in [-0.05, 0) is 75.4 Å². The first-order valence-corrected chi connectivity index (χ1v) is 12.1. The second-order valence-corrected chi connectivity index (χ2v) is 9.08. The molecule has 7 nitrogen and oxygen atoms in total. The van der Waals surface area contributed by atoms with E-state index in [0.717, 1.165) is 60.3 Å². The van der Waals surface area contributed by atoms with Crippen molar-refractivity contribution in [1.82, 2.24) is 9.80 Å². The number of carbonyl (C=O) groups is 1. The van der Waals surface area contributed by atoms with E-state index in [-0.39, 0.29) is 0 Å². The first-order chi connectivity index (χ1) is 16.8. The average molecular weight is 479 g/mol. The maximum atomic E-state index is 12.2. The van der Waals surface area contributed by atoms with Crippen molar-refractivity contribution in [3.63, 3.8) is 0 Å². The van der Waals surface area contributed by atoms with Gasteiger partial charge in [0, 0.05) is 37.5 Å². The predicted octanol–water partition coefficient (Wildman–Crippen LogP) is 4.39. The van der Waals surface area contributed by atoms with Crippen LogP contribution < -0.4 is 15.2 Å². The zero-order valence-electron chi connectivity index (χ0n) is 21.9. The Labute approximate surface area is 209 Å². The van der Waals surface area contributed by atoms with Crippen molar-refractivity contribution in [2.75, 3.05) is 40.9 Å². The van der Waals surface area contributed by atoms with Gasteiger partial charge >= 0.3 is 0 Å². The minimum absolute atomic E-state index is 0.551. The van der Waals surface area contributed by atoms with Crippen molar-refractivity contribution in [3.8, 4) is 11.5 Å². The van der Waals surface area contributed by atoms with Gasteiger partial charge in [-0.25, -0.2) is 4.99 Å². The molecule has 0 spiro atoms. The average Bonchev–Trinajstić information content (AvgIpc) is 2.84. The number of aliphatic imine (C=N–C) groups is 1. The number of nitrogens with two attached hydrogens (primary N) is 1. The van der Waals surface area contributed by atoms with Gasteiger partial charge < -0.3 is 20.1 Å². The molecule has 1 aliphatic heterocycles. The Hall–Kier alpha value is -3.32. The first kappa shape index (κ1) is 26.3. The van der Waals surface area contributed by atoms with Gasteiger partial charge in [-0.2, -0.15) is 0 Å². The third-order valence-electron chi connectivity index (χ3n) is 6.42. The Kier molecular flexibility index (Phi) is 8.93. The Bertz CT molecular complexity index is 1100. The molecule has 0 saturated carbocycles. The number of aryl methyl sites for hydroxylation is 3. The summed E-state index contributed by atoms with van der Waals surface area (Å²) >= 11 is 0. The molecule has 7 heteroatoms. The van der Waals surface area contributed by atoms with Crippen molar-refractivity contribution in [3.05, 3.63) is 58.2 Å². The van der Waals surface area contributed by atoms with Crippen LogP contribution in [0.2, 0.25) is 0 Å². The van der Waals surface area contributed by atoms with E-state index in [1.54, 1.807) is 19.1 Å². The topological polar surface area (TPSA) is 80.4 Å². The first-order valence-electron chi connectivity index (χ1n) is 12.1. The molecule has 0 atom stereocenters. The number of carbonyl (C=O) groups excluding carboxylic acids is 1. The van der Waals surface area contributed by atoms with Crippen LogP contribution in [0.25, 0.3) is 5.70 Å². The highest BCUT2D eigenvalue weighted by atomic mass is 16.5. The van der Waals surface area contributed by atoms with Crippen LogP contribution in [0.4, 0.5) is 5.69 Å². The van der Waals surface area contributed by atoms with Crippen LogP contribution in [0.5, 0.6) is 11.5 Å². The van der Waals surface area contributed by atoms with Gasteiger partial charge in [0.2, 0.25) is 6.41 Å². The van der Waals surface area contributed by atoms with Crippen LogP contribution in [0.3, 0.4) is 0 Å². The summed E-state index contributed by atoms with van der Waals surface area (Å²) in [6.07, 6.45) is 5.42. The fraction of sp³-hybridized carbons (Fsp3) is 0.429. The van der Waals surface area contributed by atoms with Gasteiger partial charge in [-0.1, -0.05) is 17.7 Å². The van der Waals surface area contributed by atoms with Crippen LogP contribution in [0.15, 0.2) is 35.3 Å². The maximum absolute atomic E-state index is 12.2. The summed E-state index contributed by atoms with van der Waals surface area (Å²) in [6.45, 7) is 8.18. The molecular weight excluding hydrogens is 440 g/mol. The molecule has 1 amide bonds. The van der Waals surface area contributed by atoms with Gasteiger partial charge in [0.1, 0.15) is 5.84 Å². The predicted molar refractivity (Wildman–Crippen MR) is 143 cm³/mol. The molecule has 3 rings (SSSR count). The summed E-state index contributed by atoms with van der Waals surface area (Å²) in [5, 5.41) is 0. The van der Waals surface area contributed by atoms with E-state index in [1.807, 2.05) is 18.2 Å². The SMILES string of the molecule is COc1cc2c(cc1OC)/C(=C/C(=Nc1c(C)cc(C)cc1C)N(C=O)CCCCN)N(C)CC2. The highest BCUT2D eigenvalue weighted by molar-refractivity contribution is 6.05. The Morgan fingerprint density at radius 2 is 1.74 bits per heavy atom. The molecule has 35 heavy (non-hydrogen) atoms. The standard InChI is InChI=1S/C28H38N4O3/c1-19-13-20(2)28(21(3)14-19)30-27(32(18-33)11-8-7-10-29)17-24-23-16-26(35-6)25(34-5)15-22(23)9-12-31(24)4/h13-18H,7-12,29H2,1-6H3/b24-17-,30-27?. The number of amides is 1. The van der Waals surface area contributed by atoms with Crippen LogP contribution in [0.1, 0.15) is 40.7 Å². The zero-order chi connectivity index (χ0) is 25.5. The van der Waals surface area contributed by atoms with Crippen molar-refractivity contribution in [2.24, 2.45) is 10.7 Å². The number of methoxy groups -OCH3 is 2. The molecule has 0 unspecified atom stereocenters. The molecule has 0 aromatic heterocycles. The fourth-order valence-electron chi connectivity index (χ4n) is 4.58. The second-order valence-electron chi connectivity index (χ2n) is 9.08. The van der Waals surface area contributed by atoms with E-state index in [2.05, 4.69) is 44.9 Å². The van der Waals surface area contributed by atoms with Crippen molar-refractivity contribution >= 4 is 23.6 Å².